The van der Waals surface area contributed by atoms with Crippen LogP contribution < -0.4 is 5.32 Å². The zero-order valence-corrected chi connectivity index (χ0v) is 14.0. The summed E-state index contributed by atoms with van der Waals surface area (Å²) in [4.78, 5) is 0. The van der Waals surface area contributed by atoms with Gasteiger partial charge < -0.3 is 5.32 Å². The average molecular weight is 342 g/mol. The van der Waals surface area contributed by atoms with Gasteiger partial charge in [0.05, 0.1) is 0 Å². The average Bonchev–Trinajstić information content (AvgIpc) is 2.45. The van der Waals surface area contributed by atoms with Crippen LogP contribution in [-0.2, 0) is 0 Å². The molecule has 20 heavy (non-hydrogen) atoms. The van der Waals surface area contributed by atoms with E-state index in [0.717, 1.165) is 16.9 Å². The van der Waals surface area contributed by atoms with E-state index in [0.29, 0.717) is 12.0 Å². The number of hydrogen-bond donors (Lipinski definition) is 1. The fourth-order valence-corrected chi connectivity index (χ4v) is 4.25. The van der Waals surface area contributed by atoms with E-state index in [2.05, 4.69) is 35.1 Å². The quantitative estimate of drug-likeness (QED) is 0.750. The summed E-state index contributed by atoms with van der Waals surface area (Å²) in [6.07, 6.45) is 6.54. The number of rotatable bonds is 5. The van der Waals surface area contributed by atoms with Crippen LogP contribution in [0.25, 0.3) is 0 Å². The van der Waals surface area contributed by atoms with Crippen molar-refractivity contribution in [2.75, 3.05) is 6.54 Å². The minimum Gasteiger partial charge on any atom is -0.310 e. The van der Waals surface area contributed by atoms with E-state index in [4.69, 9.17) is 0 Å². The van der Waals surface area contributed by atoms with Crippen LogP contribution in [0.1, 0.15) is 57.6 Å². The van der Waals surface area contributed by atoms with Crippen molar-refractivity contribution in [3.8, 4) is 0 Å². The molecule has 0 aromatic heterocycles. The van der Waals surface area contributed by atoms with Crippen molar-refractivity contribution in [2.45, 2.75) is 52.0 Å². The highest BCUT2D eigenvalue weighted by molar-refractivity contribution is 9.10. The number of benzene rings is 1. The first kappa shape index (κ1) is 16.0. The second-order valence-corrected chi connectivity index (χ2v) is 6.67. The maximum atomic E-state index is 13.3. The minimum absolute atomic E-state index is 0.174. The molecule has 2 rings (SSSR count). The number of hydrogen-bond acceptors (Lipinski definition) is 1. The Morgan fingerprint density at radius 2 is 2.05 bits per heavy atom. The molecule has 0 spiro atoms. The highest BCUT2D eigenvalue weighted by Crippen LogP contribution is 2.42. The van der Waals surface area contributed by atoms with Crippen molar-refractivity contribution in [1.29, 1.82) is 0 Å². The molecule has 0 saturated heterocycles. The van der Waals surface area contributed by atoms with Crippen LogP contribution in [0.3, 0.4) is 0 Å². The largest absolute Gasteiger partial charge is 0.310 e. The molecule has 1 aliphatic carbocycles. The van der Waals surface area contributed by atoms with Gasteiger partial charge in [0, 0.05) is 10.5 Å². The van der Waals surface area contributed by atoms with Crippen molar-refractivity contribution < 1.29 is 4.39 Å². The van der Waals surface area contributed by atoms with Gasteiger partial charge in [0.2, 0.25) is 0 Å². The lowest BCUT2D eigenvalue weighted by atomic mass is 9.72. The highest BCUT2D eigenvalue weighted by Gasteiger charge is 2.32. The lowest BCUT2D eigenvalue weighted by Crippen LogP contribution is -2.34. The van der Waals surface area contributed by atoms with Crippen LogP contribution in [-0.4, -0.2) is 6.54 Å². The summed E-state index contributed by atoms with van der Waals surface area (Å²) < 4.78 is 14.2. The molecule has 1 aromatic rings. The standard InChI is InChI=1S/C17H25BrFN/c1-3-12-7-5-6-8-14(12)17(20-4-2)15-10-9-13(19)11-16(15)18/h9-12,14,17,20H,3-8H2,1-2H3. The summed E-state index contributed by atoms with van der Waals surface area (Å²) in [5.41, 5.74) is 1.21. The molecule has 1 N–H and O–H groups in total. The topological polar surface area (TPSA) is 12.0 Å². The molecule has 1 aromatic carbocycles. The van der Waals surface area contributed by atoms with Gasteiger partial charge in [-0.3, -0.25) is 0 Å². The summed E-state index contributed by atoms with van der Waals surface area (Å²) in [7, 11) is 0. The summed E-state index contributed by atoms with van der Waals surface area (Å²) in [6, 6.07) is 5.44. The molecule has 1 fully saturated rings. The van der Waals surface area contributed by atoms with Crippen LogP contribution >= 0.6 is 15.9 Å². The van der Waals surface area contributed by atoms with Gasteiger partial charge in [0.1, 0.15) is 5.82 Å². The Morgan fingerprint density at radius 1 is 1.30 bits per heavy atom. The zero-order valence-electron chi connectivity index (χ0n) is 12.5. The second kappa shape index (κ2) is 7.56. The van der Waals surface area contributed by atoms with E-state index in [1.165, 1.54) is 37.7 Å². The Labute approximate surface area is 130 Å². The maximum absolute atomic E-state index is 13.3. The van der Waals surface area contributed by atoms with Crippen molar-refractivity contribution in [3.63, 3.8) is 0 Å². The lowest BCUT2D eigenvalue weighted by Gasteiger charge is -2.38. The van der Waals surface area contributed by atoms with E-state index in [1.807, 2.05) is 6.07 Å². The molecule has 0 aliphatic heterocycles. The monoisotopic (exact) mass is 341 g/mol. The molecule has 3 heteroatoms. The van der Waals surface area contributed by atoms with Gasteiger partial charge in [0.25, 0.3) is 0 Å². The molecule has 0 amide bonds. The second-order valence-electron chi connectivity index (χ2n) is 5.82. The zero-order chi connectivity index (χ0) is 14.5. The first-order chi connectivity index (χ1) is 9.67. The highest BCUT2D eigenvalue weighted by atomic mass is 79.9. The van der Waals surface area contributed by atoms with Crippen LogP contribution in [0.15, 0.2) is 22.7 Å². The molecule has 1 saturated carbocycles. The number of halogens is 2. The normalized spacial score (nSPS) is 24.6. The van der Waals surface area contributed by atoms with E-state index < -0.39 is 0 Å². The number of nitrogens with one attached hydrogen (secondary N) is 1. The molecule has 3 atom stereocenters. The van der Waals surface area contributed by atoms with Gasteiger partial charge in [-0.15, -0.1) is 0 Å². The maximum Gasteiger partial charge on any atom is 0.124 e. The Morgan fingerprint density at radius 3 is 2.70 bits per heavy atom. The third-order valence-electron chi connectivity index (χ3n) is 4.64. The summed E-state index contributed by atoms with van der Waals surface area (Å²) >= 11 is 3.55. The predicted molar refractivity (Wildman–Crippen MR) is 86.3 cm³/mol. The fraction of sp³-hybridized carbons (Fsp3) is 0.647. The van der Waals surface area contributed by atoms with Crippen LogP contribution in [0.5, 0.6) is 0 Å². The van der Waals surface area contributed by atoms with Gasteiger partial charge in [0.15, 0.2) is 0 Å². The SMILES string of the molecule is CCNC(c1ccc(F)cc1Br)C1CCCCC1CC. The third kappa shape index (κ3) is 3.62. The molecule has 1 aliphatic rings. The third-order valence-corrected chi connectivity index (χ3v) is 5.33. The lowest BCUT2D eigenvalue weighted by molar-refractivity contribution is 0.176. The molecular weight excluding hydrogens is 317 g/mol. The molecular formula is C17H25BrFN. The molecule has 0 heterocycles. The van der Waals surface area contributed by atoms with Gasteiger partial charge >= 0.3 is 0 Å². The molecule has 1 nitrogen and oxygen atoms in total. The van der Waals surface area contributed by atoms with Crippen molar-refractivity contribution in [3.05, 3.63) is 34.1 Å². The van der Waals surface area contributed by atoms with Crippen LogP contribution in [0.2, 0.25) is 0 Å². The Balaban J connectivity index is 2.29. The van der Waals surface area contributed by atoms with E-state index in [-0.39, 0.29) is 5.82 Å². The predicted octanol–water partition coefficient (Wildman–Crippen LogP) is 5.46. The smallest absolute Gasteiger partial charge is 0.124 e. The van der Waals surface area contributed by atoms with E-state index in [9.17, 15) is 4.39 Å². The summed E-state index contributed by atoms with van der Waals surface area (Å²) in [5, 5.41) is 3.64. The summed E-state index contributed by atoms with van der Waals surface area (Å²) in [6.45, 7) is 5.39. The first-order valence-electron chi connectivity index (χ1n) is 7.85. The first-order valence-corrected chi connectivity index (χ1v) is 8.65. The minimum atomic E-state index is -0.174. The summed E-state index contributed by atoms with van der Waals surface area (Å²) in [5.74, 6) is 1.27. The van der Waals surface area contributed by atoms with Crippen LogP contribution in [0.4, 0.5) is 4.39 Å². The van der Waals surface area contributed by atoms with Crippen molar-refractivity contribution in [2.24, 2.45) is 11.8 Å². The van der Waals surface area contributed by atoms with Crippen LogP contribution in [0, 0.1) is 17.7 Å². The van der Waals surface area contributed by atoms with Gasteiger partial charge in [-0.2, -0.15) is 0 Å². The van der Waals surface area contributed by atoms with Gasteiger partial charge in [-0.1, -0.05) is 61.5 Å². The molecule has 0 bridgehead atoms. The molecule has 3 unspecified atom stereocenters. The van der Waals surface area contributed by atoms with E-state index in [1.54, 1.807) is 12.1 Å². The van der Waals surface area contributed by atoms with Crippen molar-refractivity contribution in [1.82, 2.24) is 5.32 Å². The molecule has 0 radical (unpaired) electrons. The van der Waals surface area contributed by atoms with Gasteiger partial charge in [-0.25, -0.2) is 4.39 Å². The Kier molecular flexibility index (Phi) is 6.03. The van der Waals surface area contributed by atoms with Crippen molar-refractivity contribution >= 4 is 15.9 Å². The molecule has 112 valence electrons. The Hall–Kier alpha value is -0.410. The Bertz CT molecular complexity index is 435. The van der Waals surface area contributed by atoms with Gasteiger partial charge in [-0.05, 0) is 42.5 Å². The van der Waals surface area contributed by atoms with E-state index >= 15 is 0 Å². The fourth-order valence-electron chi connectivity index (χ4n) is 3.65.